The molecule has 0 aromatic heterocycles. The highest BCUT2D eigenvalue weighted by Crippen LogP contribution is 2.17. The van der Waals surface area contributed by atoms with Gasteiger partial charge in [-0.25, -0.2) is 4.39 Å². The van der Waals surface area contributed by atoms with Gasteiger partial charge in [0.15, 0.2) is 0 Å². The zero-order valence-electron chi connectivity index (χ0n) is 8.74. The van der Waals surface area contributed by atoms with Gasteiger partial charge in [-0.05, 0) is 25.5 Å². The molecule has 15 heavy (non-hydrogen) atoms. The van der Waals surface area contributed by atoms with Gasteiger partial charge in [0.1, 0.15) is 5.82 Å². The maximum Gasteiger partial charge on any atom is 0.272 e. The van der Waals surface area contributed by atoms with Crippen LogP contribution in [0.25, 0.3) is 0 Å². The zero-order chi connectivity index (χ0) is 11.8. The van der Waals surface area contributed by atoms with Crippen LogP contribution in [0.3, 0.4) is 0 Å². The maximum atomic E-state index is 12.4. The molecule has 0 amide bonds. The summed E-state index contributed by atoms with van der Waals surface area (Å²) in [7, 11) is 0. The Bertz CT molecular complexity index is 326. The minimum Gasteiger partial charge on any atom is -0.396 e. The van der Waals surface area contributed by atoms with Crippen molar-refractivity contribution < 1.29 is 14.4 Å². The van der Waals surface area contributed by atoms with E-state index in [1.807, 2.05) is 6.92 Å². The number of nitrogens with zero attached hydrogens (tertiary/aromatic N) is 1. The number of aliphatic hydroxyl groups is 1. The summed E-state index contributed by atoms with van der Waals surface area (Å²) in [5.74, 6) is -0.451. The summed E-state index contributed by atoms with van der Waals surface area (Å²) < 4.78 is 12.4. The van der Waals surface area contributed by atoms with Gasteiger partial charge in [0.25, 0.3) is 5.69 Å². The Balaban J connectivity index is 0.000000423. The first kappa shape index (κ1) is 13.5. The molecule has 0 aliphatic carbocycles. The molecule has 0 heterocycles. The van der Waals surface area contributed by atoms with E-state index in [9.17, 15) is 14.5 Å². The first-order valence-electron chi connectivity index (χ1n) is 4.54. The second-order valence-corrected chi connectivity index (χ2v) is 2.91. The molecule has 0 spiro atoms. The third-order valence-corrected chi connectivity index (χ3v) is 1.58. The molecule has 0 aliphatic rings. The fourth-order valence-electron chi connectivity index (χ4n) is 0.824. The first-order chi connectivity index (χ1) is 7.02. The van der Waals surface area contributed by atoms with Crippen molar-refractivity contribution in [2.45, 2.75) is 20.3 Å². The lowest BCUT2D eigenvalue weighted by atomic mass is 10.2. The second-order valence-electron chi connectivity index (χ2n) is 2.91. The van der Waals surface area contributed by atoms with Crippen LogP contribution in [0, 0.1) is 22.9 Å². The molecule has 4 nitrogen and oxygen atoms in total. The lowest BCUT2D eigenvalue weighted by molar-refractivity contribution is -0.385. The van der Waals surface area contributed by atoms with Gasteiger partial charge in [0.2, 0.25) is 0 Å². The van der Waals surface area contributed by atoms with Crippen LogP contribution in [-0.2, 0) is 0 Å². The largest absolute Gasteiger partial charge is 0.396 e. The summed E-state index contributed by atoms with van der Waals surface area (Å²) in [6, 6.07) is 3.37. The topological polar surface area (TPSA) is 63.4 Å². The van der Waals surface area contributed by atoms with E-state index in [4.69, 9.17) is 5.11 Å². The van der Waals surface area contributed by atoms with E-state index in [-0.39, 0.29) is 5.69 Å². The molecule has 1 N–H and O–H groups in total. The number of nitro benzene ring substituents is 1. The number of nitro groups is 1. The molecule has 0 bridgehead atoms. The lowest BCUT2D eigenvalue weighted by Crippen LogP contribution is -1.91. The molecule has 0 saturated heterocycles. The molecule has 1 aromatic rings. The third kappa shape index (κ3) is 5.07. The van der Waals surface area contributed by atoms with Gasteiger partial charge in [-0.2, -0.15) is 0 Å². The van der Waals surface area contributed by atoms with Crippen molar-refractivity contribution in [1.82, 2.24) is 0 Å². The zero-order valence-corrected chi connectivity index (χ0v) is 8.74. The molecule has 0 fully saturated rings. The van der Waals surface area contributed by atoms with Crippen molar-refractivity contribution in [2.24, 2.45) is 0 Å². The van der Waals surface area contributed by atoms with Gasteiger partial charge in [0.05, 0.1) is 4.92 Å². The minimum absolute atomic E-state index is 0.0496. The highest BCUT2D eigenvalue weighted by molar-refractivity contribution is 5.38. The van der Waals surface area contributed by atoms with Crippen LogP contribution in [0.4, 0.5) is 10.1 Å². The Morgan fingerprint density at radius 1 is 1.53 bits per heavy atom. The van der Waals surface area contributed by atoms with Crippen LogP contribution < -0.4 is 0 Å². The monoisotopic (exact) mass is 215 g/mol. The van der Waals surface area contributed by atoms with Crippen molar-refractivity contribution in [3.63, 3.8) is 0 Å². The van der Waals surface area contributed by atoms with Crippen LogP contribution >= 0.6 is 0 Å². The smallest absolute Gasteiger partial charge is 0.272 e. The standard InChI is InChI=1S/C7H6FNO2.C3H8O/c1-5-4-6(8)2-3-7(5)9(10)11;1-2-3-4/h2-4H,1H3;4H,2-3H2,1H3. The number of hydrogen-bond acceptors (Lipinski definition) is 3. The van der Waals surface area contributed by atoms with Crippen molar-refractivity contribution in [3.05, 3.63) is 39.7 Å². The van der Waals surface area contributed by atoms with E-state index >= 15 is 0 Å². The van der Waals surface area contributed by atoms with E-state index in [1.54, 1.807) is 0 Å². The van der Waals surface area contributed by atoms with Gasteiger partial charge in [-0.1, -0.05) is 6.92 Å². The molecule has 1 aromatic carbocycles. The van der Waals surface area contributed by atoms with Crippen molar-refractivity contribution >= 4 is 5.69 Å². The molecule has 0 radical (unpaired) electrons. The average Bonchev–Trinajstić information content (AvgIpc) is 2.17. The minimum atomic E-state index is -0.533. The van der Waals surface area contributed by atoms with E-state index in [2.05, 4.69) is 0 Å². The summed E-state index contributed by atoms with van der Waals surface area (Å²) >= 11 is 0. The van der Waals surface area contributed by atoms with Crippen LogP contribution in [0.1, 0.15) is 18.9 Å². The van der Waals surface area contributed by atoms with E-state index in [1.165, 1.54) is 6.92 Å². The predicted molar refractivity (Wildman–Crippen MR) is 55.2 cm³/mol. The summed E-state index contributed by atoms with van der Waals surface area (Å²) in [6.07, 6.45) is 0.875. The number of aryl methyl sites for hydroxylation is 1. The van der Waals surface area contributed by atoms with Crippen LogP contribution in [0.5, 0.6) is 0 Å². The fraction of sp³-hybridized carbons (Fsp3) is 0.400. The molecule has 0 atom stereocenters. The van der Waals surface area contributed by atoms with Gasteiger partial charge in [-0.15, -0.1) is 0 Å². The van der Waals surface area contributed by atoms with Crippen LogP contribution in [-0.4, -0.2) is 16.6 Å². The quantitative estimate of drug-likeness (QED) is 0.608. The average molecular weight is 215 g/mol. The fourth-order valence-corrected chi connectivity index (χ4v) is 0.824. The summed E-state index contributed by atoms with van der Waals surface area (Å²) in [4.78, 5) is 9.68. The summed E-state index contributed by atoms with van der Waals surface area (Å²) in [6.45, 7) is 3.75. The number of aliphatic hydroxyl groups excluding tert-OH is 1. The Morgan fingerprint density at radius 3 is 2.40 bits per heavy atom. The van der Waals surface area contributed by atoms with Crippen molar-refractivity contribution in [1.29, 1.82) is 0 Å². The number of halogens is 1. The normalized spacial score (nSPS) is 9.07. The highest BCUT2D eigenvalue weighted by atomic mass is 19.1. The number of hydrogen-bond donors (Lipinski definition) is 1. The van der Waals surface area contributed by atoms with Gasteiger partial charge < -0.3 is 5.11 Å². The van der Waals surface area contributed by atoms with E-state index in [0.29, 0.717) is 12.2 Å². The first-order valence-corrected chi connectivity index (χ1v) is 4.54. The van der Waals surface area contributed by atoms with Crippen molar-refractivity contribution in [2.75, 3.05) is 6.61 Å². The Kier molecular flexibility index (Phi) is 6.21. The lowest BCUT2D eigenvalue weighted by Gasteiger charge is -1.94. The van der Waals surface area contributed by atoms with Gasteiger partial charge in [0, 0.05) is 18.2 Å². The molecule has 5 heteroatoms. The third-order valence-electron chi connectivity index (χ3n) is 1.58. The maximum absolute atomic E-state index is 12.4. The van der Waals surface area contributed by atoms with Crippen molar-refractivity contribution in [3.8, 4) is 0 Å². The molecular formula is C10H14FNO3. The van der Waals surface area contributed by atoms with E-state index in [0.717, 1.165) is 24.6 Å². The van der Waals surface area contributed by atoms with Gasteiger partial charge >= 0.3 is 0 Å². The molecule has 0 saturated carbocycles. The molecule has 84 valence electrons. The Hall–Kier alpha value is -1.49. The number of rotatable bonds is 2. The van der Waals surface area contributed by atoms with Crippen LogP contribution in [0.15, 0.2) is 18.2 Å². The van der Waals surface area contributed by atoms with Crippen LogP contribution in [0.2, 0.25) is 0 Å². The molecule has 0 aliphatic heterocycles. The highest BCUT2D eigenvalue weighted by Gasteiger charge is 2.09. The Labute approximate surface area is 87.5 Å². The summed E-state index contributed by atoms with van der Waals surface area (Å²) in [5, 5.41) is 18.1. The summed E-state index contributed by atoms with van der Waals surface area (Å²) in [5.41, 5.74) is 0.293. The molecule has 0 unspecified atom stereocenters. The SMILES string of the molecule is CCCO.Cc1cc(F)ccc1[N+](=O)[O-]. The molecule has 1 rings (SSSR count). The van der Waals surface area contributed by atoms with E-state index < -0.39 is 10.7 Å². The van der Waals surface area contributed by atoms with Gasteiger partial charge in [-0.3, -0.25) is 10.1 Å². The predicted octanol–water partition coefficient (Wildman–Crippen LogP) is 2.43. The number of benzene rings is 1. The second kappa shape index (κ2) is 6.89. The molecular weight excluding hydrogens is 201 g/mol. The Morgan fingerprint density at radius 2 is 2.07 bits per heavy atom.